The van der Waals surface area contributed by atoms with Gasteiger partial charge in [-0.1, -0.05) is 18.3 Å². The van der Waals surface area contributed by atoms with E-state index in [4.69, 9.17) is 22.7 Å². The van der Waals surface area contributed by atoms with Crippen molar-refractivity contribution in [1.82, 2.24) is 9.78 Å². The van der Waals surface area contributed by atoms with Gasteiger partial charge in [0, 0.05) is 19.7 Å². The van der Waals surface area contributed by atoms with Crippen LogP contribution in [0.3, 0.4) is 0 Å². The Balaban J connectivity index is 2.03. The minimum Gasteiger partial charge on any atom is -0.492 e. The molecule has 0 bridgehead atoms. The number of thiocarbonyl (C=S) groups is 1. The van der Waals surface area contributed by atoms with E-state index in [-0.39, 0.29) is 10.6 Å². The van der Waals surface area contributed by atoms with Crippen LogP contribution in [0.15, 0.2) is 30.6 Å². The molecule has 2 rings (SSSR count). The summed E-state index contributed by atoms with van der Waals surface area (Å²) in [5, 5.41) is 4.06. The molecule has 0 fully saturated rings. The predicted molar refractivity (Wildman–Crippen MR) is 74.7 cm³/mol. The van der Waals surface area contributed by atoms with Gasteiger partial charge in [-0.3, -0.25) is 4.68 Å². The first kappa shape index (κ1) is 13.5. The van der Waals surface area contributed by atoms with E-state index < -0.39 is 5.82 Å². The summed E-state index contributed by atoms with van der Waals surface area (Å²) in [5.74, 6) is -0.0947. The van der Waals surface area contributed by atoms with Crippen LogP contribution in [0.25, 0.3) is 0 Å². The summed E-state index contributed by atoms with van der Waals surface area (Å²) in [6.07, 6.45) is 4.36. The van der Waals surface area contributed by atoms with Crippen molar-refractivity contribution in [3.63, 3.8) is 0 Å². The van der Waals surface area contributed by atoms with Crippen molar-refractivity contribution < 1.29 is 9.13 Å². The van der Waals surface area contributed by atoms with Crippen LogP contribution in [-0.2, 0) is 13.5 Å². The average molecular weight is 279 g/mol. The van der Waals surface area contributed by atoms with Crippen molar-refractivity contribution in [2.45, 2.75) is 6.42 Å². The second-order valence-electron chi connectivity index (χ2n) is 4.10. The molecule has 1 heterocycles. The van der Waals surface area contributed by atoms with Crippen LogP contribution in [0.2, 0.25) is 0 Å². The molecule has 4 nitrogen and oxygen atoms in total. The highest BCUT2D eigenvalue weighted by Gasteiger charge is 2.12. The summed E-state index contributed by atoms with van der Waals surface area (Å²) in [6.45, 7) is 0.408. The van der Waals surface area contributed by atoms with Gasteiger partial charge in [-0.05, 0) is 17.7 Å². The second kappa shape index (κ2) is 5.79. The summed E-state index contributed by atoms with van der Waals surface area (Å²) < 4.78 is 20.9. The molecule has 0 aliphatic rings. The van der Waals surface area contributed by atoms with E-state index >= 15 is 0 Å². The summed E-state index contributed by atoms with van der Waals surface area (Å²) in [6, 6.07) is 4.53. The fourth-order valence-corrected chi connectivity index (χ4v) is 1.94. The number of benzene rings is 1. The SMILES string of the molecule is Cn1cc(CCOc2cccc(F)c2C(N)=S)cn1. The summed E-state index contributed by atoms with van der Waals surface area (Å²) in [4.78, 5) is -0.00511. The predicted octanol–water partition coefficient (Wildman–Crippen LogP) is 1.81. The minimum absolute atomic E-state index is 0.00511. The molecule has 0 amide bonds. The maximum atomic E-state index is 13.6. The molecule has 1 aromatic carbocycles. The van der Waals surface area contributed by atoms with Crippen molar-refractivity contribution in [3.05, 3.63) is 47.5 Å². The standard InChI is InChI=1S/C13H14FN3OS/c1-17-8-9(7-16-17)5-6-18-11-4-2-3-10(14)12(11)13(15)19/h2-4,7-8H,5-6H2,1H3,(H2,15,19). The first-order valence-corrected chi connectivity index (χ1v) is 6.17. The van der Waals surface area contributed by atoms with Gasteiger partial charge in [-0.15, -0.1) is 0 Å². The monoisotopic (exact) mass is 279 g/mol. The number of halogens is 1. The highest BCUT2D eigenvalue weighted by molar-refractivity contribution is 7.80. The number of ether oxygens (including phenoxy) is 1. The first-order chi connectivity index (χ1) is 9.08. The lowest BCUT2D eigenvalue weighted by Gasteiger charge is -2.10. The van der Waals surface area contributed by atoms with Gasteiger partial charge < -0.3 is 10.5 Å². The third kappa shape index (κ3) is 3.29. The van der Waals surface area contributed by atoms with Crippen LogP contribution in [0.5, 0.6) is 5.75 Å². The van der Waals surface area contributed by atoms with Gasteiger partial charge in [0.25, 0.3) is 0 Å². The lowest BCUT2D eigenvalue weighted by Crippen LogP contribution is -2.14. The molecule has 1 aromatic heterocycles. The summed E-state index contributed by atoms with van der Waals surface area (Å²) in [5.41, 5.74) is 6.71. The van der Waals surface area contributed by atoms with Gasteiger partial charge in [0.05, 0.1) is 18.4 Å². The van der Waals surface area contributed by atoms with E-state index in [1.807, 2.05) is 13.2 Å². The number of aromatic nitrogens is 2. The largest absolute Gasteiger partial charge is 0.492 e. The Kier molecular flexibility index (Phi) is 4.11. The highest BCUT2D eigenvalue weighted by atomic mass is 32.1. The van der Waals surface area contributed by atoms with Gasteiger partial charge in [-0.25, -0.2) is 4.39 Å². The number of nitrogens with zero attached hydrogens (tertiary/aromatic N) is 2. The van der Waals surface area contributed by atoms with Gasteiger partial charge in [-0.2, -0.15) is 5.10 Å². The van der Waals surface area contributed by atoms with Gasteiger partial charge in [0.2, 0.25) is 0 Å². The maximum absolute atomic E-state index is 13.6. The Bertz CT molecular complexity index is 597. The highest BCUT2D eigenvalue weighted by Crippen LogP contribution is 2.21. The zero-order chi connectivity index (χ0) is 13.8. The Morgan fingerprint density at radius 1 is 1.53 bits per heavy atom. The Morgan fingerprint density at radius 3 is 2.95 bits per heavy atom. The van der Waals surface area contributed by atoms with Crippen molar-refractivity contribution in [2.75, 3.05) is 6.61 Å². The molecule has 19 heavy (non-hydrogen) atoms. The van der Waals surface area contributed by atoms with Crippen molar-refractivity contribution >= 4 is 17.2 Å². The quantitative estimate of drug-likeness (QED) is 0.848. The molecular formula is C13H14FN3OS. The Hall–Kier alpha value is -1.95. The molecule has 0 saturated heterocycles. The number of nitrogens with two attached hydrogens (primary N) is 1. The lowest BCUT2D eigenvalue weighted by atomic mass is 10.2. The molecule has 2 aromatic rings. The second-order valence-corrected chi connectivity index (χ2v) is 4.54. The molecule has 0 aliphatic carbocycles. The fourth-order valence-electron chi connectivity index (χ4n) is 1.74. The topological polar surface area (TPSA) is 53.1 Å². The third-order valence-corrected chi connectivity index (χ3v) is 2.83. The molecule has 0 aliphatic heterocycles. The molecule has 0 radical (unpaired) electrons. The molecule has 0 spiro atoms. The molecule has 0 saturated carbocycles. The van der Waals surface area contributed by atoms with Gasteiger partial charge in [0.1, 0.15) is 16.6 Å². The zero-order valence-electron chi connectivity index (χ0n) is 10.5. The van der Waals surface area contributed by atoms with E-state index in [1.165, 1.54) is 6.07 Å². The zero-order valence-corrected chi connectivity index (χ0v) is 11.3. The molecule has 100 valence electrons. The van der Waals surface area contributed by atoms with Crippen LogP contribution >= 0.6 is 12.2 Å². The first-order valence-electron chi connectivity index (χ1n) is 5.76. The summed E-state index contributed by atoms with van der Waals surface area (Å²) in [7, 11) is 1.85. The number of rotatable bonds is 5. The maximum Gasteiger partial charge on any atom is 0.137 e. The Labute approximate surface area is 116 Å². The third-order valence-electron chi connectivity index (χ3n) is 2.63. The number of aryl methyl sites for hydroxylation is 1. The van der Waals surface area contributed by atoms with Crippen LogP contribution in [0, 0.1) is 5.82 Å². The average Bonchev–Trinajstić information content (AvgIpc) is 2.74. The Morgan fingerprint density at radius 2 is 2.32 bits per heavy atom. The van der Waals surface area contributed by atoms with Crippen molar-refractivity contribution in [1.29, 1.82) is 0 Å². The normalized spacial score (nSPS) is 10.4. The van der Waals surface area contributed by atoms with Crippen LogP contribution in [0.4, 0.5) is 4.39 Å². The number of hydrogen-bond donors (Lipinski definition) is 1. The molecule has 0 atom stereocenters. The molecular weight excluding hydrogens is 265 g/mol. The van der Waals surface area contributed by atoms with Crippen LogP contribution in [-0.4, -0.2) is 21.4 Å². The van der Waals surface area contributed by atoms with Crippen LogP contribution in [0.1, 0.15) is 11.1 Å². The molecule has 2 N–H and O–H groups in total. The van der Waals surface area contributed by atoms with Crippen molar-refractivity contribution in [2.24, 2.45) is 12.8 Å². The van der Waals surface area contributed by atoms with E-state index in [0.29, 0.717) is 18.8 Å². The van der Waals surface area contributed by atoms with E-state index in [1.54, 1.807) is 23.0 Å². The minimum atomic E-state index is -0.466. The van der Waals surface area contributed by atoms with E-state index in [9.17, 15) is 4.39 Å². The van der Waals surface area contributed by atoms with Gasteiger partial charge >= 0.3 is 0 Å². The summed E-state index contributed by atoms with van der Waals surface area (Å²) >= 11 is 4.83. The fraction of sp³-hybridized carbons (Fsp3) is 0.231. The smallest absolute Gasteiger partial charge is 0.137 e. The van der Waals surface area contributed by atoms with E-state index in [0.717, 1.165) is 5.56 Å². The molecule has 6 heteroatoms. The van der Waals surface area contributed by atoms with E-state index in [2.05, 4.69) is 5.10 Å². The number of hydrogen-bond acceptors (Lipinski definition) is 3. The van der Waals surface area contributed by atoms with Gasteiger partial charge in [0.15, 0.2) is 0 Å². The molecule has 0 unspecified atom stereocenters. The van der Waals surface area contributed by atoms with Crippen LogP contribution < -0.4 is 10.5 Å². The van der Waals surface area contributed by atoms with Crippen molar-refractivity contribution in [3.8, 4) is 5.75 Å². The lowest BCUT2D eigenvalue weighted by molar-refractivity contribution is 0.319.